The molecule has 0 unspecified atom stereocenters. The molecule has 24 aliphatic heterocycles. The van der Waals surface area contributed by atoms with Gasteiger partial charge in [0.1, 0.15) is 22.4 Å². The quantitative estimate of drug-likeness (QED) is 0.148. The van der Waals surface area contributed by atoms with Gasteiger partial charge in [-0.15, -0.1) is 0 Å². The molecule has 0 aliphatic carbocycles. The molecule has 10 amide bonds. The smallest absolute Gasteiger partial charge is 0.410 e. The number of carbonyl (C=O) groups is 10. The first-order chi connectivity index (χ1) is 60.1. The number of ether oxygens (including phenoxy) is 4. The van der Waals surface area contributed by atoms with E-state index in [0.717, 1.165) is 148 Å². The Hall–Kier alpha value is -7.90. The second kappa shape index (κ2) is 50.9. The highest BCUT2D eigenvalue weighted by atomic mass is 32.2. The molecule has 24 heterocycles. The van der Waals surface area contributed by atoms with Crippen LogP contribution in [0.3, 0.4) is 0 Å². The SMILES string of the molecule is CC(C)(C)OC(=O)N1CCCN2CCN(C(=O)OC(C)(C)C)CCCN(CC1)C(=O)c1ccc(cc1)CN1CCCSCCCN(CCCSCCC1)C(=O)c1ccc(cc1)C(=O)N1CCCSCCCN(CCCSCCC1)Cc1ccc(cc1)C(=O)N1CCCN(C(=O)OC(C)(C)C)CCN(CCCN(C(=O)OC(C)(C)C)CC1)C(=O)c1ccc(cc1)C2=O. The molecular weight excluding hydrogens is 1670 g/mol. The largest absolute Gasteiger partial charge is 0.444 e. The second-order valence-electron chi connectivity index (χ2n) is 37.4. The monoisotopic (exact) mass is 1820 g/mol. The molecule has 0 atom stereocenters. The molecule has 4 aromatic rings. The Bertz CT molecular complexity index is 3830. The fourth-order valence-electron chi connectivity index (χ4n) is 15.7. The number of amides is 10. The summed E-state index contributed by atoms with van der Waals surface area (Å²) in [6, 6.07) is 29.5. The van der Waals surface area contributed by atoms with Crippen molar-refractivity contribution >= 4 is 107 Å². The van der Waals surface area contributed by atoms with Crippen molar-refractivity contribution in [3.63, 3.8) is 0 Å². The molecular formula is C96H144N12O14S4. The van der Waals surface area contributed by atoms with Crippen molar-refractivity contribution in [1.29, 1.82) is 0 Å². The van der Waals surface area contributed by atoms with Crippen molar-refractivity contribution in [2.75, 3.05) is 203 Å². The summed E-state index contributed by atoms with van der Waals surface area (Å²) in [5.74, 6) is 6.51. The molecule has 0 spiro atoms. The molecule has 0 N–H and O–H groups in total. The van der Waals surface area contributed by atoms with E-state index in [1.165, 1.54) is 0 Å². The van der Waals surface area contributed by atoms with E-state index in [1.807, 2.05) is 130 Å². The zero-order chi connectivity index (χ0) is 90.8. The fourth-order valence-corrected chi connectivity index (χ4v) is 19.2. The minimum atomic E-state index is -0.850. The average molecular weight is 1820 g/mol. The topological polar surface area (TPSA) is 246 Å². The summed E-state index contributed by atoms with van der Waals surface area (Å²) in [6.45, 7) is 31.6. The minimum Gasteiger partial charge on any atom is -0.444 e. The summed E-state index contributed by atoms with van der Waals surface area (Å²) in [6.07, 6.45) is 6.51. The molecule has 24 aliphatic rings. The van der Waals surface area contributed by atoms with E-state index in [0.29, 0.717) is 74.1 Å². The molecule has 4 fully saturated rings. The van der Waals surface area contributed by atoms with E-state index in [-0.39, 0.29) is 151 Å². The van der Waals surface area contributed by atoms with Gasteiger partial charge in [0.15, 0.2) is 0 Å². The molecule has 16 bridgehead atoms. The lowest BCUT2D eigenvalue weighted by Gasteiger charge is -2.34. The van der Waals surface area contributed by atoms with Gasteiger partial charge in [0, 0.05) is 177 Å². The molecule has 126 heavy (non-hydrogen) atoms. The first-order valence-corrected chi connectivity index (χ1v) is 50.6. The van der Waals surface area contributed by atoms with Gasteiger partial charge in [0.05, 0.1) is 0 Å². The van der Waals surface area contributed by atoms with Crippen LogP contribution in [0.15, 0.2) is 97.1 Å². The lowest BCUT2D eigenvalue weighted by atomic mass is 10.1. The number of rotatable bonds is 0. The van der Waals surface area contributed by atoms with Crippen LogP contribution in [0, 0.1) is 0 Å². The number of hydrogen-bond donors (Lipinski definition) is 0. The van der Waals surface area contributed by atoms with Crippen LogP contribution in [0.2, 0.25) is 0 Å². The number of hydrogen-bond acceptors (Lipinski definition) is 20. The Labute approximate surface area is 768 Å². The van der Waals surface area contributed by atoms with Gasteiger partial charge >= 0.3 is 24.4 Å². The van der Waals surface area contributed by atoms with Crippen LogP contribution < -0.4 is 0 Å². The van der Waals surface area contributed by atoms with Crippen LogP contribution in [0.4, 0.5) is 19.2 Å². The van der Waals surface area contributed by atoms with E-state index in [1.54, 1.807) is 147 Å². The zero-order valence-electron chi connectivity index (χ0n) is 77.5. The number of benzene rings is 4. The maximum atomic E-state index is 15.1. The Balaban J connectivity index is 0.991. The van der Waals surface area contributed by atoms with E-state index >= 15 is 9.59 Å². The first kappa shape index (κ1) is 102. The normalized spacial score (nSPS) is 20.8. The number of carbonyl (C=O) groups excluding carboxylic acids is 10. The van der Waals surface area contributed by atoms with Gasteiger partial charge in [-0.3, -0.25) is 38.6 Å². The van der Waals surface area contributed by atoms with Gasteiger partial charge in [-0.1, -0.05) is 24.3 Å². The van der Waals surface area contributed by atoms with Gasteiger partial charge in [0.25, 0.3) is 35.4 Å². The molecule has 0 radical (unpaired) electrons. The third-order valence-electron chi connectivity index (χ3n) is 22.2. The van der Waals surface area contributed by atoms with Crippen LogP contribution in [0.1, 0.15) is 233 Å². The van der Waals surface area contributed by atoms with Crippen LogP contribution in [0.5, 0.6) is 0 Å². The standard InChI is InChI=1S/C96H144N12O14S4/c1-93(2,3)119-89(115)105-51-15-47-103-59-63-107(91(117)121-95(7,8)9)49-13-45-101(57-61-105)85(111)77-29-25-75(26-30-77)73-97-41-17-65-123-69-21-53-99(54-22-70-124-66-18-42-97)83(109)79-33-35-80(36-34-79)84(110)100-55-23-71-125-67-19-43-98(44-20-68-126-72-24-56-100)74-76-27-31-78(32-28-76)86(112)102-46-14-50-108(92(118)122-96(10,11)12)64-60-104(88(114)82-39-37-81(38-40-82)87(103)113)48-16-52-106(62-58-102)90(116)120-94(4,5)6/h25-40H,13-24,41-74H2,1-12H3. The Morgan fingerprint density at radius 1 is 0.222 bits per heavy atom. The van der Waals surface area contributed by atoms with Gasteiger partial charge in [-0.2, -0.15) is 47.0 Å². The minimum absolute atomic E-state index is 0.00467. The highest BCUT2D eigenvalue weighted by Crippen LogP contribution is 2.25. The average Bonchev–Trinajstić information content (AvgIpc) is 0.850. The van der Waals surface area contributed by atoms with Crippen LogP contribution in [-0.2, 0) is 32.0 Å². The van der Waals surface area contributed by atoms with E-state index < -0.39 is 46.8 Å². The molecule has 4 aromatic carbocycles. The Morgan fingerprint density at radius 2 is 0.389 bits per heavy atom. The van der Waals surface area contributed by atoms with Crippen LogP contribution in [0.25, 0.3) is 0 Å². The van der Waals surface area contributed by atoms with Crippen molar-refractivity contribution < 1.29 is 66.9 Å². The molecule has 0 aromatic heterocycles. The maximum Gasteiger partial charge on any atom is 0.410 e. The number of nitrogens with zero attached hydrogens (tertiary/aromatic N) is 12. The third kappa shape index (κ3) is 35.5. The highest BCUT2D eigenvalue weighted by molar-refractivity contribution is 7.99. The zero-order valence-corrected chi connectivity index (χ0v) is 80.7. The van der Waals surface area contributed by atoms with E-state index in [4.69, 9.17) is 18.9 Å². The van der Waals surface area contributed by atoms with Crippen molar-refractivity contribution in [2.45, 2.75) is 196 Å². The highest BCUT2D eigenvalue weighted by Gasteiger charge is 2.33. The Morgan fingerprint density at radius 3 is 0.579 bits per heavy atom. The summed E-state index contributed by atoms with van der Waals surface area (Å²) >= 11 is 7.69. The lowest BCUT2D eigenvalue weighted by Crippen LogP contribution is -2.47. The molecule has 696 valence electrons. The van der Waals surface area contributed by atoms with Gasteiger partial charge in [-0.25, -0.2) is 19.2 Å². The van der Waals surface area contributed by atoms with Crippen molar-refractivity contribution in [3.8, 4) is 0 Å². The summed E-state index contributed by atoms with van der Waals surface area (Å²) < 4.78 is 24.0. The predicted octanol–water partition coefficient (Wildman–Crippen LogP) is 15.7. The molecule has 0 saturated carbocycles. The predicted molar refractivity (Wildman–Crippen MR) is 508 cm³/mol. The van der Waals surface area contributed by atoms with Crippen molar-refractivity contribution in [2.24, 2.45) is 0 Å². The number of thioether (sulfide) groups is 4. The summed E-state index contributed by atoms with van der Waals surface area (Å²) in [4.78, 5) is 168. The fraction of sp³-hybridized carbons (Fsp3) is 0.646. The van der Waals surface area contributed by atoms with Crippen molar-refractivity contribution in [3.05, 3.63) is 142 Å². The summed E-state index contributed by atoms with van der Waals surface area (Å²) in [5.41, 5.74) is 1.55. The van der Waals surface area contributed by atoms with Gasteiger partial charge < -0.3 is 67.9 Å². The van der Waals surface area contributed by atoms with E-state index in [2.05, 4.69) is 9.80 Å². The molecule has 28 rings (SSSR count). The van der Waals surface area contributed by atoms with Crippen LogP contribution in [-0.4, -0.2) is 344 Å². The molecule has 4 saturated heterocycles. The Kier molecular flexibility index (Phi) is 41.1. The lowest BCUT2D eigenvalue weighted by molar-refractivity contribution is 0.0179. The van der Waals surface area contributed by atoms with Gasteiger partial charge in [-0.05, 0) is 316 Å². The first-order valence-electron chi connectivity index (χ1n) is 45.9. The maximum absolute atomic E-state index is 15.1. The molecule has 30 heteroatoms. The van der Waals surface area contributed by atoms with Gasteiger partial charge in [0.2, 0.25) is 0 Å². The second-order valence-corrected chi connectivity index (χ2v) is 42.3. The summed E-state index contributed by atoms with van der Waals surface area (Å²) in [5, 5.41) is 0. The molecule has 26 nitrogen and oxygen atoms in total. The van der Waals surface area contributed by atoms with Crippen molar-refractivity contribution in [1.82, 2.24) is 58.8 Å². The van der Waals surface area contributed by atoms with Crippen LogP contribution >= 0.6 is 47.0 Å². The summed E-state index contributed by atoms with van der Waals surface area (Å²) in [7, 11) is 0. The van der Waals surface area contributed by atoms with E-state index in [9.17, 15) is 38.4 Å². The third-order valence-corrected chi connectivity index (χ3v) is 26.8.